The summed E-state index contributed by atoms with van der Waals surface area (Å²) in [5.74, 6) is -1.29. The minimum absolute atomic E-state index is 0.0579. The summed E-state index contributed by atoms with van der Waals surface area (Å²) >= 11 is 0. The Morgan fingerprint density at radius 2 is 2.18 bits per heavy atom. The zero-order valence-electron chi connectivity index (χ0n) is 9.49. The number of alkyl halides is 3. The van der Waals surface area contributed by atoms with E-state index in [2.05, 4.69) is 15.4 Å². The fourth-order valence-electron chi connectivity index (χ4n) is 1.28. The fraction of sp³-hybridized carbons (Fsp3) is 0.600. The molecule has 0 aliphatic carbocycles. The summed E-state index contributed by atoms with van der Waals surface area (Å²) in [4.78, 5) is 0. The molecule has 0 fully saturated rings. The van der Waals surface area contributed by atoms with Gasteiger partial charge in [-0.05, 0) is 25.6 Å². The standard InChI is InChI=1S/C10H14F4N2O/c1-6(15-2)7-3-8(11)9(16-4-7)17-5-10(12,13)14/h3,6,15-16H,4-5H2,1-2H3. The number of nitrogens with one attached hydrogen (secondary N) is 2. The van der Waals surface area contributed by atoms with Crippen molar-refractivity contribution in [3.8, 4) is 0 Å². The first-order valence-corrected chi connectivity index (χ1v) is 5.04. The van der Waals surface area contributed by atoms with Crippen molar-refractivity contribution in [1.29, 1.82) is 0 Å². The SMILES string of the molecule is CNC(C)C1=CC(F)=C(OCC(F)(F)F)NC1. The van der Waals surface area contributed by atoms with E-state index in [4.69, 9.17) is 0 Å². The van der Waals surface area contributed by atoms with Gasteiger partial charge in [0.2, 0.25) is 5.88 Å². The monoisotopic (exact) mass is 254 g/mol. The first-order chi connectivity index (χ1) is 7.83. The lowest BCUT2D eigenvalue weighted by molar-refractivity contribution is -0.166. The molecule has 1 heterocycles. The highest BCUT2D eigenvalue weighted by atomic mass is 19.4. The van der Waals surface area contributed by atoms with Gasteiger partial charge in [-0.1, -0.05) is 0 Å². The number of rotatable bonds is 4. The van der Waals surface area contributed by atoms with Crippen LogP contribution in [0.4, 0.5) is 17.6 Å². The van der Waals surface area contributed by atoms with Crippen LogP contribution in [0.5, 0.6) is 0 Å². The predicted molar refractivity (Wildman–Crippen MR) is 54.7 cm³/mol. The zero-order chi connectivity index (χ0) is 13.1. The molecule has 0 aromatic rings. The quantitative estimate of drug-likeness (QED) is 0.751. The van der Waals surface area contributed by atoms with Gasteiger partial charge in [0.1, 0.15) is 0 Å². The molecule has 0 radical (unpaired) electrons. The van der Waals surface area contributed by atoms with E-state index in [1.54, 1.807) is 7.05 Å². The lowest BCUT2D eigenvalue weighted by Crippen LogP contribution is -2.34. The third-order valence-corrected chi connectivity index (χ3v) is 2.35. The van der Waals surface area contributed by atoms with Gasteiger partial charge >= 0.3 is 6.18 Å². The number of hydrogen-bond acceptors (Lipinski definition) is 3. The highest BCUT2D eigenvalue weighted by Gasteiger charge is 2.30. The van der Waals surface area contributed by atoms with Gasteiger partial charge in [-0.2, -0.15) is 13.2 Å². The van der Waals surface area contributed by atoms with Gasteiger partial charge in [-0.15, -0.1) is 0 Å². The lowest BCUT2D eigenvalue weighted by atomic mass is 10.1. The molecule has 2 N–H and O–H groups in total. The van der Waals surface area contributed by atoms with Crippen LogP contribution in [-0.4, -0.2) is 32.4 Å². The second-order valence-corrected chi connectivity index (χ2v) is 3.66. The van der Waals surface area contributed by atoms with Crippen molar-refractivity contribution in [3.63, 3.8) is 0 Å². The topological polar surface area (TPSA) is 33.3 Å². The maximum atomic E-state index is 13.4. The predicted octanol–water partition coefficient (Wildman–Crippen LogP) is 1.84. The molecule has 0 spiro atoms. The molecule has 7 heteroatoms. The third-order valence-electron chi connectivity index (χ3n) is 2.35. The Balaban J connectivity index is 2.66. The van der Waals surface area contributed by atoms with E-state index >= 15 is 0 Å². The van der Waals surface area contributed by atoms with Crippen molar-refractivity contribution < 1.29 is 22.3 Å². The molecule has 0 saturated heterocycles. The lowest BCUT2D eigenvalue weighted by Gasteiger charge is -2.22. The molecule has 3 nitrogen and oxygen atoms in total. The summed E-state index contributed by atoms with van der Waals surface area (Å²) in [6.07, 6.45) is -3.29. The van der Waals surface area contributed by atoms with Crippen molar-refractivity contribution >= 4 is 0 Å². The van der Waals surface area contributed by atoms with Crippen LogP contribution in [0.15, 0.2) is 23.4 Å². The maximum absolute atomic E-state index is 13.4. The molecule has 0 aromatic carbocycles. The van der Waals surface area contributed by atoms with Crippen LogP contribution in [0.3, 0.4) is 0 Å². The maximum Gasteiger partial charge on any atom is 0.422 e. The molecule has 1 atom stereocenters. The normalized spacial score (nSPS) is 18.6. The Labute approximate surface area is 96.5 Å². The third kappa shape index (κ3) is 4.26. The highest BCUT2D eigenvalue weighted by Crippen LogP contribution is 2.21. The Morgan fingerprint density at radius 3 is 2.65 bits per heavy atom. The van der Waals surface area contributed by atoms with E-state index < -0.39 is 24.5 Å². The van der Waals surface area contributed by atoms with Gasteiger partial charge < -0.3 is 15.4 Å². The Kier molecular flexibility index (Phi) is 4.39. The molecule has 0 bridgehead atoms. The first kappa shape index (κ1) is 13.8. The van der Waals surface area contributed by atoms with E-state index in [0.29, 0.717) is 5.57 Å². The molecule has 1 aliphatic heterocycles. The van der Waals surface area contributed by atoms with Crippen LogP contribution in [0.2, 0.25) is 0 Å². The number of dihydropyridines is 1. The zero-order valence-corrected chi connectivity index (χ0v) is 9.49. The largest absolute Gasteiger partial charge is 0.467 e. The number of ether oxygens (including phenoxy) is 1. The first-order valence-electron chi connectivity index (χ1n) is 5.04. The van der Waals surface area contributed by atoms with Crippen LogP contribution in [-0.2, 0) is 4.74 Å². The van der Waals surface area contributed by atoms with Gasteiger partial charge in [0.25, 0.3) is 0 Å². The minimum atomic E-state index is -4.47. The molecule has 1 unspecified atom stereocenters. The minimum Gasteiger partial charge on any atom is -0.467 e. The molecule has 0 aromatic heterocycles. The Bertz CT molecular complexity index is 336. The van der Waals surface area contributed by atoms with Crippen LogP contribution >= 0.6 is 0 Å². The highest BCUT2D eigenvalue weighted by molar-refractivity contribution is 5.29. The van der Waals surface area contributed by atoms with Crippen molar-refractivity contribution in [1.82, 2.24) is 10.6 Å². The number of hydrogen-bond donors (Lipinski definition) is 2. The van der Waals surface area contributed by atoms with Crippen LogP contribution in [0.1, 0.15) is 6.92 Å². The van der Waals surface area contributed by atoms with E-state index in [1.807, 2.05) is 6.92 Å². The van der Waals surface area contributed by atoms with E-state index in [-0.39, 0.29) is 12.6 Å². The average molecular weight is 254 g/mol. The Morgan fingerprint density at radius 1 is 1.53 bits per heavy atom. The van der Waals surface area contributed by atoms with Crippen LogP contribution in [0, 0.1) is 0 Å². The summed E-state index contributed by atoms with van der Waals surface area (Å²) in [6, 6.07) is -0.0579. The summed E-state index contributed by atoms with van der Waals surface area (Å²) in [5.41, 5.74) is 0.712. The van der Waals surface area contributed by atoms with E-state index in [1.165, 1.54) is 6.08 Å². The molecule has 17 heavy (non-hydrogen) atoms. The smallest absolute Gasteiger partial charge is 0.422 e. The fourth-order valence-corrected chi connectivity index (χ4v) is 1.28. The summed E-state index contributed by atoms with van der Waals surface area (Å²) in [7, 11) is 1.71. The van der Waals surface area contributed by atoms with Gasteiger partial charge in [-0.3, -0.25) is 0 Å². The van der Waals surface area contributed by atoms with Crippen molar-refractivity contribution in [2.75, 3.05) is 20.2 Å². The second kappa shape index (κ2) is 5.39. The van der Waals surface area contributed by atoms with E-state index in [9.17, 15) is 17.6 Å². The molecular weight excluding hydrogens is 240 g/mol. The molecule has 98 valence electrons. The molecule has 0 saturated carbocycles. The van der Waals surface area contributed by atoms with Crippen molar-refractivity contribution in [3.05, 3.63) is 23.4 Å². The molecule has 1 aliphatic rings. The van der Waals surface area contributed by atoms with Gasteiger partial charge in [-0.25, -0.2) is 4.39 Å². The molecule has 1 rings (SSSR count). The number of likely N-dealkylation sites (N-methyl/N-ethyl adjacent to an activating group) is 1. The summed E-state index contributed by atoms with van der Waals surface area (Å²) in [6.45, 7) is 0.568. The van der Waals surface area contributed by atoms with Crippen molar-refractivity contribution in [2.45, 2.75) is 19.1 Å². The van der Waals surface area contributed by atoms with Gasteiger partial charge in [0, 0.05) is 12.6 Å². The summed E-state index contributed by atoms with van der Waals surface area (Å²) < 4.78 is 53.3. The number of allylic oxidation sites excluding steroid dienone is 2. The second-order valence-electron chi connectivity index (χ2n) is 3.66. The average Bonchev–Trinajstić information content (AvgIpc) is 2.25. The van der Waals surface area contributed by atoms with Crippen molar-refractivity contribution in [2.24, 2.45) is 0 Å². The number of halogens is 4. The van der Waals surface area contributed by atoms with Crippen LogP contribution in [0.25, 0.3) is 0 Å². The van der Waals surface area contributed by atoms with Gasteiger partial charge in [0.05, 0.1) is 0 Å². The van der Waals surface area contributed by atoms with E-state index in [0.717, 1.165) is 0 Å². The van der Waals surface area contributed by atoms with Gasteiger partial charge in [0.15, 0.2) is 12.4 Å². The Hall–Kier alpha value is -1.24. The molecule has 0 amide bonds. The molecular formula is C10H14F4N2O. The summed E-state index contributed by atoms with van der Waals surface area (Å²) in [5, 5.41) is 5.39. The van der Waals surface area contributed by atoms with Crippen LogP contribution < -0.4 is 10.6 Å².